The van der Waals surface area contributed by atoms with Crippen molar-refractivity contribution in [2.45, 2.75) is 32.4 Å². The van der Waals surface area contributed by atoms with Crippen LogP contribution in [0.25, 0.3) is 0 Å². The van der Waals surface area contributed by atoms with Gasteiger partial charge in [0, 0.05) is 11.5 Å². The lowest BCUT2D eigenvalue weighted by Gasteiger charge is -2.14. The van der Waals surface area contributed by atoms with Crippen LogP contribution in [0.5, 0.6) is 0 Å². The summed E-state index contributed by atoms with van der Waals surface area (Å²) in [5.74, 6) is 0.287. The molecule has 2 atom stereocenters. The van der Waals surface area contributed by atoms with Crippen LogP contribution in [-0.2, 0) is 6.18 Å². The van der Waals surface area contributed by atoms with Gasteiger partial charge < -0.3 is 0 Å². The first-order valence-corrected chi connectivity index (χ1v) is 6.11. The van der Waals surface area contributed by atoms with Crippen LogP contribution in [0, 0.1) is 11.8 Å². The van der Waals surface area contributed by atoms with Crippen molar-refractivity contribution in [3.63, 3.8) is 0 Å². The summed E-state index contributed by atoms with van der Waals surface area (Å²) >= 11 is 0. The largest absolute Gasteiger partial charge is 0.416 e. The number of alkyl halides is 3. The molecule has 1 nitrogen and oxygen atoms in total. The van der Waals surface area contributed by atoms with Crippen molar-refractivity contribution in [3.8, 4) is 0 Å². The van der Waals surface area contributed by atoms with E-state index in [0.717, 1.165) is 31.4 Å². The lowest BCUT2D eigenvalue weighted by Crippen LogP contribution is -2.17. The number of hydrogen-bond donors (Lipinski definition) is 0. The van der Waals surface area contributed by atoms with Crippen LogP contribution in [0.3, 0.4) is 0 Å². The van der Waals surface area contributed by atoms with E-state index < -0.39 is 11.7 Å². The van der Waals surface area contributed by atoms with Crippen molar-refractivity contribution >= 4 is 5.78 Å². The molecule has 0 aromatic heterocycles. The zero-order valence-corrected chi connectivity index (χ0v) is 10.1. The number of halogens is 3. The monoisotopic (exact) mass is 256 g/mol. The Labute approximate surface area is 104 Å². The average Bonchev–Trinajstić information content (AvgIpc) is 2.73. The van der Waals surface area contributed by atoms with Gasteiger partial charge in [-0.1, -0.05) is 25.5 Å². The van der Waals surface area contributed by atoms with E-state index >= 15 is 0 Å². The molecule has 1 aliphatic rings. The van der Waals surface area contributed by atoms with E-state index in [-0.39, 0.29) is 11.7 Å². The molecule has 0 N–H and O–H groups in total. The molecule has 1 aromatic carbocycles. The highest BCUT2D eigenvalue weighted by molar-refractivity contribution is 5.98. The molecule has 0 bridgehead atoms. The van der Waals surface area contributed by atoms with Gasteiger partial charge in [-0.25, -0.2) is 0 Å². The molecule has 0 radical (unpaired) electrons. The second-order valence-corrected chi connectivity index (χ2v) is 4.95. The third kappa shape index (κ3) is 2.57. The van der Waals surface area contributed by atoms with E-state index in [1.54, 1.807) is 0 Å². The molecule has 1 saturated carbocycles. The van der Waals surface area contributed by atoms with Gasteiger partial charge in [-0.3, -0.25) is 4.79 Å². The molecule has 4 heteroatoms. The van der Waals surface area contributed by atoms with Crippen LogP contribution < -0.4 is 0 Å². The molecule has 1 aromatic rings. The molecule has 1 aliphatic carbocycles. The van der Waals surface area contributed by atoms with E-state index in [4.69, 9.17) is 0 Å². The second-order valence-electron chi connectivity index (χ2n) is 4.95. The lowest BCUT2D eigenvalue weighted by molar-refractivity contribution is -0.137. The first-order chi connectivity index (χ1) is 8.39. The predicted molar refractivity (Wildman–Crippen MR) is 62.3 cm³/mol. The molecule has 98 valence electrons. The van der Waals surface area contributed by atoms with Gasteiger partial charge in [0.05, 0.1) is 5.56 Å². The number of carbonyl (C=O) groups excluding carboxylic acids is 1. The van der Waals surface area contributed by atoms with Crippen molar-refractivity contribution in [2.75, 3.05) is 0 Å². The lowest BCUT2D eigenvalue weighted by atomic mass is 9.89. The maximum Gasteiger partial charge on any atom is 0.416 e. The van der Waals surface area contributed by atoms with Crippen LogP contribution in [0.15, 0.2) is 24.3 Å². The van der Waals surface area contributed by atoms with E-state index in [0.29, 0.717) is 11.5 Å². The number of benzene rings is 1. The van der Waals surface area contributed by atoms with Crippen LogP contribution in [-0.4, -0.2) is 5.78 Å². The first kappa shape index (κ1) is 13.1. The summed E-state index contributed by atoms with van der Waals surface area (Å²) in [6.45, 7) is 2.03. The van der Waals surface area contributed by atoms with E-state index in [2.05, 4.69) is 0 Å². The Morgan fingerprint density at radius 3 is 2.22 bits per heavy atom. The summed E-state index contributed by atoms with van der Waals surface area (Å²) in [4.78, 5) is 12.1. The Bertz CT molecular complexity index is 433. The molecule has 2 unspecified atom stereocenters. The molecule has 0 amide bonds. The maximum absolute atomic E-state index is 12.4. The Balaban J connectivity index is 2.17. The van der Waals surface area contributed by atoms with Gasteiger partial charge in [0.2, 0.25) is 0 Å². The maximum atomic E-state index is 12.4. The van der Waals surface area contributed by atoms with Gasteiger partial charge in [0.25, 0.3) is 0 Å². The third-order valence-electron chi connectivity index (χ3n) is 3.69. The molecule has 18 heavy (non-hydrogen) atoms. The van der Waals surface area contributed by atoms with Crippen molar-refractivity contribution < 1.29 is 18.0 Å². The fourth-order valence-electron chi connectivity index (χ4n) is 2.57. The summed E-state index contributed by atoms with van der Waals surface area (Å²) in [6, 6.07) is 4.53. The highest BCUT2D eigenvalue weighted by atomic mass is 19.4. The topological polar surface area (TPSA) is 17.1 Å². The smallest absolute Gasteiger partial charge is 0.294 e. The summed E-state index contributed by atoms with van der Waals surface area (Å²) in [7, 11) is 0. The normalized spacial score (nSPS) is 24.2. The minimum absolute atomic E-state index is 0.0197. The zero-order valence-electron chi connectivity index (χ0n) is 10.1. The predicted octanol–water partition coefficient (Wildman–Crippen LogP) is 4.32. The minimum Gasteiger partial charge on any atom is -0.294 e. The Hall–Kier alpha value is -1.32. The number of ketones is 1. The van der Waals surface area contributed by atoms with Gasteiger partial charge in [0.1, 0.15) is 0 Å². The van der Waals surface area contributed by atoms with E-state index in [9.17, 15) is 18.0 Å². The van der Waals surface area contributed by atoms with Gasteiger partial charge in [0.15, 0.2) is 5.78 Å². The van der Waals surface area contributed by atoms with Crippen molar-refractivity contribution in [3.05, 3.63) is 35.4 Å². The van der Waals surface area contributed by atoms with Crippen molar-refractivity contribution in [1.82, 2.24) is 0 Å². The molecular weight excluding hydrogens is 241 g/mol. The Kier molecular flexibility index (Phi) is 3.46. The fraction of sp³-hybridized carbons (Fsp3) is 0.500. The Morgan fingerprint density at radius 2 is 1.78 bits per heavy atom. The second kappa shape index (κ2) is 4.75. The van der Waals surface area contributed by atoms with Crippen LogP contribution in [0.1, 0.15) is 42.1 Å². The van der Waals surface area contributed by atoms with Crippen LogP contribution >= 0.6 is 0 Å². The number of carbonyl (C=O) groups is 1. The third-order valence-corrected chi connectivity index (χ3v) is 3.69. The summed E-state index contributed by atoms with van der Waals surface area (Å²) < 4.78 is 37.2. The average molecular weight is 256 g/mol. The van der Waals surface area contributed by atoms with E-state index in [1.165, 1.54) is 12.1 Å². The van der Waals surface area contributed by atoms with Crippen LogP contribution in [0.2, 0.25) is 0 Å². The highest BCUT2D eigenvalue weighted by Gasteiger charge is 2.32. The SMILES string of the molecule is CC1CCCC1C(=O)c1ccc(C(F)(F)F)cc1. The minimum atomic E-state index is -4.35. The number of rotatable bonds is 2. The highest BCUT2D eigenvalue weighted by Crippen LogP contribution is 2.34. The molecule has 0 aliphatic heterocycles. The summed E-state index contributed by atoms with van der Waals surface area (Å²) in [5, 5.41) is 0. The van der Waals surface area contributed by atoms with Crippen LogP contribution in [0.4, 0.5) is 13.2 Å². The van der Waals surface area contributed by atoms with Gasteiger partial charge >= 0.3 is 6.18 Å². The molecule has 0 spiro atoms. The zero-order chi connectivity index (χ0) is 13.3. The van der Waals surface area contributed by atoms with Gasteiger partial charge in [-0.15, -0.1) is 0 Å². The standard InChI is InChI=1S/C14H15F3O/c1-9-3-2-4-12(9)13(18)10-5-7-11(8-6-10)14(15,16)17/h5-9,12H,2-4H2,1H3. The molecule has 1 fully saturated rings. The molecule has 2 rings (SSSR count). The molecule has 0 heterocycles. The van der Waals surface area contributed by atoms with Gasteiger partial charge in [-0.05, 0) is 30.9 Å². The van der Waals surface area contributed by atoms with Crippen molar-refractivity contribution in [1.29, 1.82) is 0 Å². The number of Topliss-reactive ketones (excluding diaryl/α,β-unsaturated/α-hetero) is 1. The van der Waals surface area contributed by atoms with E-state index in [1.807, 2.05) is 6.92 Å². The van der Waals surface area contributed by atoms with Gasteiger partial charge in [-0.2, -0.15) is 13.2 Å². The fourth-order valence-corrected chi connectivity index (χ4v) is 2.57. The summed E-state index contributed by atoms with van der Waals surface area (Å²) in [6.07, 6.45) is -1.45. The quantitative estimate of drug-likeness (QED) is 0.720. The summed E-state index contributed by atoms with van der Waals surface area (Å²) in [5.41, 5.74) is -0.319. The Morgan fingerprint density at radius 1 is 1.17 bits per heavy atom. The number of hydrogen-bond acceptors (Lipinski definition) is 1. The van der Waals surface area contributed by atoms with Crippen molar-refractivity contribution in [2.24, 2.45) is 11.8 Å². The molecule has 0 saturated heterocycles. The first-order valence-electron chi connectivity index (χ1n) is 6.11. The molecular formula is C14H15F3O.